The van der Waals surface area contributed by atoms with Gasteiger partial charge in [0.05, 0.1) is 10.7 Å². The highest BCUT2D eigenvalue weighted by Crippen LogP contribution is 2.23. The minimum atomic E-state index is -2.93. The summed E-state index contributed by atoms with van der Waals surface area (Å²) in [7, 11) is -0.969. The van der Waals surface area contributed by atoms with Crippen molar-refractivity contribution in [3.63, 3.8) is 0 Å². The lowest BCUT2D eigenvalue weighted by Crippen LogP contribution is -2.35. The SMILES string of the molecule is CN(c1ccc([N+](=O)[O-])cc1)[C@H]1CCN(CCS(C)(=O)=O)C1. The number of hydrogen-bond donors (Lipinski definition) is 0. The molecule has 7 nitrogen and oxygen atoms in total. The van der Waals surface area contributed by atoms with Gasteiger partial charge in [-0.3, -0.25) is 10.1 Å². The third-order valence-electron chi connectivity index (χ3n) is 4.04. The molecule has 0 aromatic heterocycles. The predicted octanol–water partition coefficient (Wildman–Crippen LogP) is 1.15. The molecule has 1 aromatic carbocycles. The summed E-state index contributed by atoms with van der Waals surface area (Å²) in [5.41, 5.74) is 1.01. The lowest BCUT2D eigenvalue weighted by atomic mass is 10.2. The maximum Gasteiger partial charge on any atom is 0.269 e. The molecule has 1 atom stereocenters. The molecule has 0 amide bonds. The third-order valence-corrected chi connectivity index (χ3v) is 4.97. The van der Waals surface area contributed by atoms with Crippen molar-refractivity contribution >= 4 is 21.2 Å². The molecule has 1 heterocycles. The van der Waals surface area contributed by atoms with E-state index in [2.05, 4.69) is 9.80 Å². The van der Waals surface area contributed by atoms with Crippen LogP contribution in [0.3, 0.4) is 0 Å². The third kappa shape index (κ3) is 4.41. The molecule has 1 saturated heterocycles. The first-order valence-electron chi connectivity index (χ1n) is 7.13. The lowest BCUT2D eigenvalue weighted by Gasteiger charge is -2.27. The van der Waals surface area contributed by atoms with Crippen LogP contribution in [0, 0.1) is 10.1 Å². The second kappa shape index (κ2) is 6.62. The molecule has 0 radical (unpaired) electrons. The summed E-state index contributed by atoms with van der Waals surface area (Å²) in [4.78, 5) is 14.5. The van der Waals surface area contributed by atoms with Gasteiger partial charge < -0.3 is 9.80 Å². The van der Waals surface area contributed by atoms with Crippen molar-refractivity contribution in [3.8, 4) is 0 Å². The summed E-state index contributed by atoms with van der Waals surface area (Å²) in [6.07, 6.45) is 2.21. The van der Waals surface area contributed by atoms with E-state index in [1.54, 1.807) is 12.1 Å². The second-order valence-corrected chi connectivity index (χ2v) is 8.02. The van der Waals surface area contributed by atoms with Crippen molar-refractivity contribution < 1.29 is 13.3 Å². The van der Waals surface area contributed by atoms with Crippen LogP contribution in [-0.4, -0.2) is 63.0 Å². The smallest absolute Gasteiger partial charge is 0.269 e. The topological polar surface area (TPSA) is 83.8 Å². The number of benzene rings is 1. The number of anilines is 1. The van der Waals surface area contributed by atoms with Gasteiger partial charge in [0.1, 0.15) is 9.84 Å². The molecule has 0 bridgehead atoms. The first-order chi connectivity index (χ1) is 10.3. The molecule has 1 aliphatic heterocycles. The number of likely N-dealkylation sites (tertiary alicyclic amines) is 1. The maximum atomic E-state index is 11.2. The Kier molecular flexibility index (Phi) is 5.02. The van der Waals surface area contributed by atoms with Crippen LogP contribution in [-0.2, 0) is 9.84 Å². The molecular formula is C14H21N3O4S. The minimum absolute atomic E-state index is 0.0818. The second-order valence-electron chi connectivity index (χ2n) is 5.76. The van der Waals surface area contributed by atoms with Gasteiger partial charge >= 0.3 is 0 Å². The summed E-state index contributed by atoms with van der Waals surface area (Å²) in [5.74, 6) is 0.182. The molecule has 0 unspecified atom stereocenters. The van der Waals surface area contributed by atoms with E-state index in [4.69, 9.17) is 0 Å². The average molecular weight is 327 g/mol. The van der Waals surface area contributed by atoms with Crippen LogP contribution in [0.5, 0.6) is 0 Å². The van der Waals surface area contributed by atoms with Gasteiger partial charge in [0.15, 0.2) is 0 Å². The molecule has 0 N–H and O–H groups in total. The highest BCUT2D eigenvalue weighted by Gasteiger charge is 2.26. The number of non-ortho nitro benzene ring substituents is 1. The number of rotatable bonds is 6. The fourth-order valence-corrected chi connectivity index (χ4v) is 3.24. The van der Waals surface area contributed by atoms with E-state index in [0.29, 0.717) is 12.6 Å². The number of nitro benzene ring substituents is 1. The van der Waals surface area contributed by atoms with Gasteiger partial charge in [-0.2, -0.15) is 0 Å². The van der Waals surface area contributed by atoms with Crippen molar-refractivity contribution in [2.75, 3.05) is 43.6 Å². The summed E-state index contributed by atoms with van der Waals surface area (Å²) >= 11 is 0. The standard InChI is InChI=1S/C14H21N3O4S/c1-15(12-3-5-13(6-4-12)17(18)19)14-7-8-16(11-14)9-10-22(2,20)21/h3-6,14H,7-11H2,1-2H3/t14-/m0/s1. The highest BCUT2D eigenvalue weighted by atomic mass is 32.2. The molecule has 1 aliphatic rings. The fourth-order valence-electron chi connectivity index (χ4n) is 2.65. The predicted molar refractivity (Wildman–Crippen MR) is 86.1 cm³/mol. The Hall–Kier alpha value is -1.67. The van der Waals surface area contributed by atoms with Gasteiger partial charge in [0, 0.05) is 56.8 Å². The van der Waals surface area contributed by atoms with Gasteiger partial charge in [-0.1, -0.05) is 0 Å². The molecular weight excluding hydrogens is 306 g/mol. The quantitative estimate of drug-likeness (QED) is 0.576. The zero-order valence-electron chi connectivity index (χ0n) is 12.8. The highest BCUT2D eigenvalue weighted by molar-refractivity contribution is 7.90. The van der Waals surface area contributed by atoms with Crippen molar-refractivity contribution in [1.82, 2.24) is 4.90 Å². The van der Waals surface area contributed by atoms with Crippen molar-refractivity contribution in [2.24, 2.45) is 0 Å². The van der Waals surface area contributed by atoms with Crippen LogP contribution in [0.4, 0.5) is 11.4 Å². The number of sulfone groups is 1. The molecule has 22 heavy (non-hydrogen) atoms. The number of hydrogen-bond acceptors (Lipinski definition) is 6. The molecule has 1 fully saturated rings. The number of nitrogens with zero attached hydrogens (tertiary/aromatic N) is 3. The Morgan fingerprint density at radius 2 is 2.00 bits per heavy atom. The fraction of sp³-hybridized carbons (Fsp3) is 0.571. The summed E-state index contributed by atoms with van der Waals surface area (Å²) in [6, 6.07) is 6.79. The van der Waals surface area contributed by atoms with Crippen molar-refractivity contribution in [1.29, 1.82) is 0 Å². The Balaban J connectivity index is 1.93. The van der Waals surface area contributed by atoms with Gasteiger partial charge in [0.25, 0.3) is 5.69 Å². The first-order valence-corrected chi connectivity index (χ1v) is 9.20. The van der Waals surface area contributed by atoms with Gasteiger partial charge in [-0.05, 0) is 18.6 Å². The van der Waals surface area contributed by atoms with Crippen LogP contribution in [0.1, 0.15) is 6.42 Å². The monoisotopic (exact) mass is 327 g/mol. The maximum absolute atomic E-state index is 11.2. The number of likely N-dealkylation sites (N-methyl/N-ethyl adjacent to an activating group) is 1. The minimum Gasteiger partial charge on any atom is -0.370 e. The lowest BCUT2D eigenvalue weighted by molar-refractivity contribution is -0.384. The Labute approximate surface area is 130 Å². The normalized spacial score (nSPS) is 19.3. The Bertz CT molecular complexity index is 630. The number of nitro groups is 1. The van der Waals surface area contributed by atoms with Crippen LogP contribution in [0.2, 0.25) is 0 Å². The van der Waals surface area contributed by atoms with E-state index in [-0.39, 0.29) is 11.4 Å². The van der Waals surface area contributed by atoms with Crippen LogP contribution in [0.15, 0.2) is 24.3 Å². The van der Waals surface area contributed by atoms with Gasteiger partial charge in [0.2, 0.25) is 0 Å². The molecule has 0 spiro atoms. The van der Waals surface area contributed by atoms with Gasteiger partial charge in [-0.25, -0.2) is 8.42 Å². The van der Waals surface area contributed by atoms with Crippen molar-refractivity contribution in [3.05, 3.63) is 34.4 Å². The largest absolute Gasteiger partial charge is 0.370 e. The van der Waals surface area contributed by atoms with Crippen molar-refractivity contribution in [2.45, 2.75) is 12.5 Å². The summed E-state index contributed by atoms with van der Waals surface area (Å²) in [6.45, 7) is 2.24. The Morgan fingerprint density at radius 1 is 1.36 bits per heavy atom. The molecule has 122 valence electrons. The van der Waals surface area contributed by atoms with Crippen LogP contribution < -0.4 is 4.90 Å². The summed E-state index contributed by atoms with van der Waals surface area (Å²) in [5, 5.41) is 10.7. The van der Waals surface area contributed by atoms with Gasteiger partial charge in [-0.15, -0.1) is 0 Å². The van der Waals surface area contributed by atoms with E-state index < -0.39 is 14.8 Å². The average Bonchev–Trinajstić information content (AvgIpc) is 2.92. The van der Waals surface area contributed by atoms with Crippen LogP contribution in [0.25, 0.3) is 0 Å². The van der Waals surface area contributed by atoms with E-state index in [1.165, 1.54) is 18.4 Å². The molecule has 0 saturated carbocycles. The van der Waals surface area contributed by atoms with E-state index in [1.807, 2.05) is 7.05 Å². The molecule has 8 heteroatoms. The van der Waals surface area contributed by atoms with E-state index in [0.717, 1.165) is 25.2 Å². The Morgan fingerprint density at radius 3 is 2.55 bits per heavy atom. The molecule has 1 aromatic rings. The molecule has 0 aliphatic carbocycles. The zero-order chi connectivity index (χ0) is 16.3. The van der Waals surface area contributed by atoms with Crippen LogP contribution >= 0.6 is 0 Å². The first kappa shape index (κ1) is 16.7. The summed E-state index contributed by atoms with van der Waals surface area (Å²) < 4.78 is 22.4. The van der Waals surface area contributed by atoms with E-state index >= 15 is 0 Å². The van der Waals surface area contributed by atoms with E-state index in [9.17, 15) is 18.5 Å². The zero-order valence-corrected chi connectivity index (χ0v) is 13.6. The molecule has 2 rings (SSSR count).